The Balaban J connectivity index is 2.29. The molecule has 0 radical (unpaired) electrons. The number of anilines is 2. The van der Waals surface area contributed by atoms with E-state index in [0.717, 1.165) is 18.6 Å². The molecule has 0 bridgehead atoms. The lowest BCUT2D eigenvalue weighted by Crippen LogP contribution is -2.07. The van der Waals surface area contributed by atoms with Gasteiger partial charge in [0.05, 0.1) is 6.61 Å². The van der Waals surface area contributed by atoms with Crippen LogP contribution < -0.4 is 11.5 Å². The summed E-state index contributed by atoms with van der Waals surface area (Å²) >= 11 is 0. The SMILES string of the molecule is Nc1ncc(C2CCOC2)c(N)n1. The van der Waals surface area contributed by atoms with Crippen LogP contribution in [-0.4, -0.2) is 23.2 Å². The smallest absolute Gasteiger partial charge is 0.221 e. The monoisotopic (exact) mass is 180 g/mol. The molecule has 1 aromatic rings. The van der Waals surface area contributed by atoms with Gasteiger partial charge >= 0.3 is 0 Å². The topological polar surface area (TPSA) is 87.0 Å². The molecule has 13 heavy (non-hydrogen) atoms. The first-order valence-corrected chi connectivity index (χ1v) is 4.23. The Bertz CT molecular complexity index is 309. The highest BCUT2D eigenvalue weighted by Crippen LogP contribution is 2.27. The summed E-state index contributed by atoms with van der Waals surface area (Å²) in [5, 5.41) is 0. The first-order valence-electron chi connectivity index (χ1n) is 4.23. The van der Waals surface area contributed by atoms with Gasteiger partial charge in [0.25, 0.3) is 0 Å². The minimum Gasteiger partial charge on any atom is -0.383 e. The number of hydrogen-bond acceptors (Lipinski definition) is 5. The molecule has 0 spiro atoms. The summed E-state index contributed by atoms with van der Waals surface area (Å²) in [4.78, 5) is 7.82. The summed E-state index contributed by atoms with van der Waals surface area (Å²) in [6, 6.07) is 0. The standard InChI is InChI=1S/C8H12N4O/c9-7-6(3-11-8(10)12-7)5-1-2-13-4-5/h3,5H,1-2,4H2,(H4,9,10,11,12). The van der Waals surface area contributed by atoms with Crippen LogP contribution in [-0.2, 0) is 4.74 Å². The summed E-state index contributed by atoms with van der Waals surface area (Å²) < 4.78 is 5.25. The second-order valence-electron chi connectivity index (χ2n) is 3.13. The number of nitrogens with zero attached hydrogens (tertiary/aromatic N) is 2. The second-order valence-corrected chi connectivity index (χ2v) is 3.13. The molecule has 0 aromatic carbocycles. The highest BCUT2D eigenvalue weighted by Gasteiger charge is 2.20. The van der Waals surface area contributed by atoms with Crippen molar-refractivity contribution in [2.24, 2.45) is 0 Å². The van der Waals surface area contributed by atoms with Gasteiger partial charge in [-0.25, -0.2) is 4.98 Å². The molecule has 2 rings (SSSR count). The van der Waals surface area contributed by atoms with Crippen LogP contribution in [0, 0.1) is 0 Å². The van der Waals surface area contributed by atoms with Crippen molar-refractivity contribution in [1.29, 1.82) is 0 Å². The van der Waals surface area contributed by atoms with Crippen molar-refractivity contribution in [3.8, 4) is 0 Å². The normalized spacial score (nSPS) is 22.0. The molecular formula is C8H12N4O. The van der Waals surface area contributed by atoms with Crippen molar-refractivity contribution in [3.05, 3.63) is 11.8 Å². The molecule has 0 amide bonds. The lowest BCUT2D eigenvalue weighted by molar-refractivity contribution is 0.194. The van der Waals surface area contributed by atoms with Gasteiger partial charge in [0.2, 0.25) is 5.95 Å². The predicted molar refractivity (Wildman–Crippen MR) is 49.0 cm³/mol. The van der Waals surface area contributed by atoms with E-state index < -0.39 is 0 Å². The van der Waals surface area contributed by atoms with Crippen LogP contribution in [0.5, 0.6) is 0 Å². The molecule has 1 aliphatic rings. The Kier molecular flexibility index (Phi) is 2.02. The van der Waals surface area contributed by atoms with E-state index in [-0.39, 0.29) is 5.95 Å². The van der Waals surface area contributed by atoms with Crippen molar-refractivity contribution in [3.63, 3.8) is 0 Å². The third-order valence-electron chi connectivity index (χ3n) is 2.24. The second kappa shape index (κ2) is 3.18. The molecule has 1 aromatic heterocycles. The molecule has 1 aliphatic heterocycles. The summed E-state index contributed by atoms with van der Waals surface area (Å²) in [5.74, 6) is 1.03. The highest BCUT2D eigenvalue weighted by molar-refractivity contribution is 5.43. The largest absolute Gasteiger partial charge is 0.383 e. The maximum Gasteiger partial charge on any atom is 0.221 e. The fourth-order valence-electron chi connectivity index (χ4n) is 1.51. The minimum absolute atomic E-state index is 0.222. The van der Waals surface area contributed by atoms with Crippen molar-refractivity contribution >= 4 is 11.8 Å². The maximum absolute atomic E-state index is 5.71. The molecule has 4 N–H and O–H groups in total. The summed E-state index contributed by atoms with van der Waals surface area (Å²) in [5.41, 5.74) is 12.1. The number of ether oxygens (including phenoxy) is 1. The quantitative estimate of drug-likeness (QED) is 0.642. The van der Waals surface area contributed by atoms with Crippen LogP contribution in [0.4, 0.5) is 11.8 Å². The lowest BCUT2D eigenvalue weighted by atomic mass is 10.0. The van der Waals surface area contributed by atoms with E-state index in [2.05, 4.69) is 9.97 Å². The zero-order valence-electron chi connectivity index (χ0n) is 7.23. The molecule has 1 fully saturated rings. The molecule has 5 nitrogen and oxygen atoms in total. The van der Waals surface area contributed by atoms with Crippen LogP contribution in [0.3, 0.4) is 0 Å². The van der Waals surface area contributed by atoms with E-state index in [4.69, 9.17) is 16.2 Å². The number of nitrogen functional groups attached to an aromatic ring is 2. The molecule has 1 saturated heterocycles. The van der Waals surface area contributed by atoms with Gasteiger partial charge in [0.1, 0.15) is 5.82 Å². The van der Waals surface area contributed by atoms with E-state index in [1.807, 2.05) is 0 Å². The molecule has 1 unspecified atom stereocenters. The number of nitrogens with two attached hydrogens (primary N) is 2. The molecule has 0 aliphatic carbocycles. The number of rotatable bonds is 1. The Labute approximate surface area is 76.1 Å². The van der Waals surface area contributed by atoms with Gasteiger partial charge in [-0.05, 0) is 6.42 Å². The molecule has 70 valence electrons. The summed E-state index contributed by atoms with van der Waals surface area (Å²) in [6.07, 6.45) is 2.68. The number of aromatic nitrogens is 2. The van der Waals surface area contributed by atoms with Crippen LogP contribution in [0.2, 0.25) is 0 Å². The molecule has 5 heteroatoms. The van der Waals surface area contributed by atoms with Crippen molar-refractivity contribution in [2.45, 2.75) is 12.3 Å². The minimum atomic E-state index is 0.222. The first kappa shape index (κ1) is 8.25. The predicted octanol–water partition coefficient (Wildman–Crippen LogP) is 0.145. The van der Waals surface area contributed by atoms with Gasteiger partial charge in [-0.2, -0.15) is 4.98 Å². The average molecular weight is 180 g/mol. The van der Waals surface area contributed by atoms with Crippen LogP contribution in [0.15, 0.2) is 6.20 Å². The van der Waals surface area contributed by atoms with E-state index in [0.29, 0.717) is 18.3 Å². The zero-order valence-corrected chi connectivity index (χ0v) is 7.23. The van der Waals surface area contributed by atoms with Gasteiger partial charge in [-0.3, -0.25) is 0 Å². The summed E-state index contributed by atoms with van der Waals surface area (Å²) in [7, 11) is 0. The molecule has 0 saturated carbocycles. The third kappa shape index (κ3) is 1.55. The van der Waals surface area contributed by atoms with Crippen LogP contribution in [0.25, 0.3) is 0 Å². The Morgan fingerprint density at radius 1 is 1.46 bits per heavy atom. The Morgan fingerprint density at radius 3 is 2.92 bits per heavy atom. The van der Waals surface area contributed by atoms with Crippen molar-refractivity contribution < 1.29 is 4.74 Å². The van der Waals surface area contributed by atoms with Crippen molar-refractivity contribution in [2.75, 3.05) is 24.7 Å². The van der Waals surface area contributed by atoms with Crippen molar-refractivity contribution in [1.82, 2.24) is 9.97 Å². The van der Waals surface area contributed by atoms with E-state index in [1.54, 1.807) is 6.20 Å². The molecule has 1 atom stereocenters. The highest BCUT2D eigenvalue weighted by atomic mass is 16.5. The fraction of sp³-hybridized carbons (Fsp3) is 0.500. The van der Waals surface area contributed by atoms with E-state index in [9.17, 15) is 0 Å². The summed E-state index contributed by atoms with van der Waals surface area (Å²) in [6.45, 7) is 1.49. The van der Waals surface area contributed by atoms with Gasteiger partial charge in [0.15, 0.2) is 0 Å². The fourth-order valence-corrected chi connectivity index (χ4v) is 1.51. The van der Waals surface area contributed by atoms with E-state index >= 15 is 0 Å². The van der Waals surface area contributed by atoms with Gasteiger partial charge in [-0.15, -0.1) is 0 Å². The van der Waals surface area contributed by atoms with E-state index in [1.165, 1.54) is 0 Å². The first-order chi connectivity index (χ1) is 6.27. The van der Waals surface area contributed by atoms with Gasteiger partial charge in [-0.1, -0.05) is 0 Å². The average Bonchev–Trinajstić information content (AvgIpc) is 2.56. The Hall–Kier alpha value is -1.36. The van der Waals surface area contributed by atoms with Gasteiger partial charge in [0, 0.05) is 24.3 Å². The van der Waals surface area contributed by atoms with Crippen LogP contribution >= 0.6 is 0 Å². The van der Waals surface area contributed by atoms with Crippen LogP contribution in [0.1, 0.15) is 17.9 Å². The zero-order chi connectivity index (χ0) is 9.26. The molecule has 2 heterocycles. The Morgan fingerprint density at radius 2 is 2.31 bits per heavy atom. The third-order valence-corrected chi connectivity index (χ3v) is 2.24. The molecular weight excluding hydrogens is 168 g/mol. The lowest BCUT2D eigenvalue weighted by Gasteiger charge is -2.09. The van der Waals surface area contributed by atoms with Gasteiger partial charge < -0.3 is 16.2 Å². The number of hydrogen-bond donors (Lipinski definition) is 2. The maximum atomic E-state index is 5.71.